The number of carbonyl (C=O) groups excluding carboxylic acids is 1. The van der Waals surface area contributed by atoms with Gasteiger partial charge in [-0.1, -0.05) is 35.1 Å². The van der Waals surface area contributed by atoms with Gasteiger partial charge in [-0.25, -0.2) is 4.98 Å². The van der Waals surface area contributed by atoms with Crippen LogP contribution in [0.3, 0.4) is 0 Å². The summed E-state index contributed by atoms with van der Waals surface area (Å²) in [6, 6.07) is 13.2. The van der Waals surface area contributed by atoms with Crippen LogP contribution in [0.15, 0.2) is 42.5 Å². The minimum atomic E-state index is -0.541. The Kier molecular flexibility index (Phi) is 3.24. The molecule has 0 saturated heterocycles. The van der Waals surface area contributed by atoms with E-state index in [4.69, 9.17) is 16.3 Å². The van der Waals surface area contributed by atoms with Gasteiger partial charge in [0.05, 0.1) is 10.2 Å². The fraction of sp³-hybridized carbons (Fsp3) is 0.125. The fourth-order valence-corrected chi connectivity index (χ4v) is 3.54. The average molecular weight is 331 g/mol. The van der Waals surface area contributed by atoms with Crippen LogP contribution in [-0.4, -0.2) is 17.0 Å². The summed E-state index contributed by atoms with van der Waals surface area (Å²) >= 11 is 7.41. The molecule has 0 bridgehead atoms. The molecule has 0 saturated carbocycles. The van der Waals surface area contributed by atoms with Gasteiger partial charge in [0.1, 0.15) is 5.75 Å². The second kappa shape index (κ2) is 5.26. The van der Waals surface area contributed by atoms with Gasteiger partial charge in [-0.2, -0.15) is 0 Å². The topological polar surface area (TPSA) is 51.2 Å². The number of hydrogen-bond acceptors (Lipinski definition) is 4. The summed E-state index contributed by atoms with van der Waals surface area (Å²) in [4.78, 5) is 16.7. The predicted octanol–water partition coefficient (Wildman–Crippen LogP) is 3.89. The monoisotopic (exact) mass is 330 g/mol. The number of nitrogens with zero attached hydrogens (tertiary/aromatic N) is 1. The van der Waals surface area contributed by atoms with Crippen molar-refractivity contribution in [3.8, 4) is 5.75 Å². The van der Waals surface area contributed by atoms with Crippen molar-refractivity contribution in [3.05, 3.63) is 53.1 Å². The number of ether oxygens (including phenoxy) is 1. The van der Waals surface area contributed by atoms with E-state index in [2.05, 4.69) is 10.3 Å². The summed E-state index contributed by atoms with van der Waals surface area (Å²) in [5, 5.41) is 4.07. The first kappa shape index (κ1) is 13.5. The van der Waals surface area contributed by atoms with Crippen molar-refractivity contribution >= 4 is 44.2 Å². The predicted molar refractivity (Wildman–Crippen MR) is 87.8 cm³/mol. The molecule has 4 nitrogen and oxygen atoms in total. The molecule has 110 valence electrons. The maximum absolute atomic E-state index is 12.3. The third kappa shape index (κ3) is 2.42. The highest BCUT2D eigenvalue weighted by Gasteiger charge is 2.29. The van der Waals surface area contributed by atoms with Crippen LogP contribution in [0.25, 0.3) is 10.2 Å². The zero-order valence-corrected chi connectivity index (χ0v) is 12.9. The number of thiazole rings is 1. The molecule has 1 aliphatic heterocycles. The van der Waals surface area contributed by atoms with Gasteiger partial charge < -0.3 is 4.74 Å². The lowest BCUT2D eigenvalue weighted by Crippen LogP contribution is -2.31. The summed E-state index contributed by atoms with van der Waals surface area (Å²) in [6.07, 6.45) is -0.0208. The lowest BCUT2D eigenvalue weighted by atomic mass is 10.1. The van der Waals surface area contributed by atoms with Gasteiger partial charge in [-0.05, 0) is 35.9 Å². The molecule has 22 heavy (non-hydrogen) atoms. The van der Waals surface area contributed by atoms with E-state index in [-0.39, 0.29) is 5.91 Å². The van der Waals surface area contributed by atoms with Gasteiger partial charge in [-0.15, -0.1) is 0 Å². The lowest BCUT2D eigenvalue weighted by Gasteiger charge is -2.09. The second-order valence-corrected chi connectivity index (χ2v) is 6.51. The van der Waals surface area contributed by atoms with Crippen molar-refractivity contribution in [3.63, 3.8) is 0 Å². The van der Waals surface area contributed by atoms with E-state index in [1.54, 1.807) is 12.1 Å². The first-order valence-corrected chi connectivity index (χ1v) is 8.00. The quantitative estimate of drug-likeness (QED) is 0.775. The average Bonchev–Trinajstić information content (AvgIpc) is 3.09. The second-order valence-electron chi connectivity index (χ2n) is 5.04. The van der Waals surface area contributed by atoms with E-state index in [1.165, 1.54) is 11.3 Å². The van der Waals surface area contributed by atoms with E-state index in [9.17, 15) is 4.79 Å². The number of rotatable bonds is 2. The smallest absolute Gasteiger partial charge is 0.267 e. The number of carbonyl (C=O) groups is 1. The van der Waals surface area contributed by atoms with Crippen LogP contribution in [-0.2, 0) is 11.2 Å². The number of nitrogens with one attached hydrogen (secondary N) is 1. The van der Waals surface area contributed by atoms with E-state index >= 15 is 0 Å². The molecule has 3 aromatic rings. The standard InChI is InChI=1S/C16H11ClN2O2S/c17-10-5-6-12-9(7-10)8-13(21-12)15(20)19-16-18-11-3-1-2-4-14(11)22-16/h1-7,13H,8H2,(H,18,19,20)/t13-/m1/s1. The third-order valence-electron chi connectivity index (χ3n) is 3.51. The van der Waals surface area contributed by atoms with Gasteiger partial charge in [0.25, 0.3) is 5.91 Å². The van der Waals surface area contributed by atoms with E-state index in [1.807, 2.05) is 30.3 Å². The SMILES string of the molecule is O=C(Nc1nc2ccccc2s1)[C@H]1Cc2cc(Cl)ccc2O1. The van der Waals surface area contributed by atoms with Gasteiger partial charge in [0.15, 0.2) is 11.2 Å². The highest BCUT2D eigenvalue weighted by molar-refractivity contribution is 7.22. The normalized spacial score (nSPS) is 16.3. The molecule has 1 N–H and O–H groups in total. The van der Waals surface area contributed by atoms with E-state index in [0.717, 1.165) is 15.8 Å². The van der Waals surface area contributed by atoms with Gasteiger partial charge in [0, 0.05) is 11.4 Å². The Morgan fingerprint density at radius 1 is 1.32 bits per heavy atom. The number of aromatic nitrogens is 1. The Hall–Kier alpha value is -2.11. The van der Waals surface area contributed by atoms with Crippen LogP contribution in [0, 0.1) is 0 Å². The first-order valence-electron chi connectivity index (χ1n) is 6.80. The number of halogens is 1. The van der Waals surface area contributed by atoms with Crippen molar-refractivity contribution in [2.24, 2.45) is 0 Å². The number of para-hydroxylation sites is 1. The minimum absolute atomic E-state index is 0.189. The number of benzene rings is 2. The molecule has 2 heterocycles. The van der Waals surface area contributed by atoms with Crippen LogP contribution in [0.4, 0.5) is 5.13 Å². The maximum atomic E-state index is 12.3. The zero-order chi connectivity index (χ0) is 15.1. The summed E-state index contributed by atoms with van der Waals surface area (Å²) in [5.41, 5.74) is 1.84. The van der Waals surface area contributed by atoms with Gasteiger partial charge >= 0.3 is 0 Å². The van der Waals surface area contributed by atoms with Crippen molar-refractivity contribution in [1.29, 1.82) is 0 Å². The van der Waals surface area contributed by atoms with Crippen molar-refractivity contribution < 1.29 is 9.53 Å². The number of hydrogen-bond donors (Lipinski definition) is 1. The van der Waals surface area contributed by atoms with Gasteiger partial charge in [-0.3, -0.25) is 10.1 Å². The molecule has 1 amide bonds. The molecule has 0 radical (unpaired) electrons. The maximum Gasteiger partial charge on any atom is 0.267 e. The summed E-state index contributed by atoms with van der Waals surface area (Å²) < 4.78 is 6.72. The molecule has 4 rings (SSSR count). The Morgan fingerprint density at radius 2 is 2.18 bits per heavy atom. The summed E-state index contributed by atoms with van der Waals surface area (Å²) in [5.74, 6) is 0.528. The molecule has 2 aromatic carbocycles. The van der Waals surface area contributed by atoms with E-state index in [0.29, 0.717) is 22.3 Å². The van der Waals surface area contributed by atoms with Crippen molar-refractivity contribution in [1.82, 2.24) is 4.98 Å². The van der Waals surface area contributed by atoms with Crippen molar-refractivity contribution in [2.45, 2.75) is 12.5 Å². The fourth-order valence-electron chi connectivity index (χ4n) is 2.47. The lowest BCUT2D eigenvalue weighted by molar-refractivity contribution is -0.122. The molecule has 0 aliphatic carbocycles. The Labute approximate surface area is 135 Å². The first-order chi connectivity index (χ1) is 10.7. The highest BCUT2D eigenvalue weighted by atomic mass is 35.5. The zero-order valence-electron chi connectivity index (χ0n) is 11.4. The molecule has 1 aromatic heterocycles. The largest absolute Gasteiger partial charge is 0.480 e. The van der Waals surface area contributed by atoms with E-state index < -0.39 is 6.10 Å². The molecular weight excluding hydrogens is 320 g/mol. The molecule has 0 fully saturated rings. The van der Waals surface area contributed by atoms with Gasteiger partial charge in [0.2, 0.25) is 0 Å². The number of anilines is 1. The molecule has 6 heteroatoms. The van der Waals surface area contributed by atoms with Crippen LogP contribution >= 0.6 is 22.9 Å². The highest BCUT2D eigenvalue weighted by Crippen LogP contribution is 2.32. The third-order valence-corrected chi connectivity index (χ3v) is 4.70. The Morgan fingerprint density at radius 3 is 3.05 bits per heavy atom. The van der Waals surface area contributed by atoms with Crippen LogP contribution in [0.5, 0.6) is 5.75 Å². The van der Waals surface area contributed by atoms with Crippen molar-refractivity contribution in [2.75, 3.05) is 5.32 Å². The number of fused-ring (bicyclic) bond motifs is 2. The Balaban J connectivity index is 1.51. The molecule has 1 atom stereocenters. The van der Waals surface area contributed by atoms with Crippen LogP contribution < -0.4 is 10.1 Å². The van der Waals surface area contributed by atoms with Crippen LogP contribution in [0.1, 0.15) is 5.56 Å². The van der Waals surface area contributed by atoms with Crippen LogP contribution in [0.2, 0.25) is 5.02 Å². The minimum Gasteiger partial charge on any atom is -0.480 e. The molecule has 1 aliphatic rings. The molecule has 0 spiro atoms. The Bertz CT molecular complexity index is 844. The molecular formula is C16H11ClN2O2S. The number of amides is 1. The summed E-state index contributed by atoms with van der Waals surface area (Å²) in [7, 11) is 0. The summed E-state index contributed by atoms with van der Waals surface area (Å²) in [6.45, 7) is 0. The molecule has 0 unspecified atom stereocenters.